The van der Waals surface area contributed by atoms with E-state index in [2.05, 4.69) is 67.6 Å². The minimum Gasteiger partial charge on any atom is -0.328 e. The monoisotopic (exact) mass is 395 g/mol. The van der Waals surface area contributed by atoms with Gasteiger partial charge in [-0.15, -0.1) is 0 Å². The molecule has 0 bridgehead atoms. The molecule has 100 valence electrons. The van der Waals surface area contributed by atoms with Gasteiger partial charge in [-0.25, -0.2) is 9.97 Å². The summed E-state index contributed by atoms with van der Waals surface area (Å²) in [5.41, 5.74) is 3.82. The summed E-state index contributed by atoms with van der Waals surface area (Å²) in [6.07, 6.45) is 5.79. The van der Waals surface area contributed by atoms with E-state index in [0.29, 0.717) is 11.2 Å². The zero-order valence-corrected chi connectivity index (χ0v) is 13.5. The van der Waals surface area contributed by atoms with Crippen molar-refractivity contribution in [2.75, 3.05) is 0 Å². The number of nitrogens with zero attached hydrogens (tertiary/aromatic N) is 3. The zero-order chi connectivity index (χ0) is 13.7. The van der Waals surface area contributed by atoms with Crippen LogP contribution in [0.3, 0.4) is 0 Å². The second-order valence-electron chi connectivity index (χ2n) is 5.08. The Labute approximate surface area is 135 Å². The molecule has 0 atom stereocenters. The Balaban J connectivity index is 1.84. The normalized spacial score (nSPS) is 14.9. The van der Waals surface area contributed by atoms with E-state index in [-0.39, 0.29) is 0 Å². The van der Waals surface area contributed by atoms with Crippen molar-refractivity contribution < 1.29 is 0 Å². The Bertz CT molecular complexity index is 787. The van der Waals surface area contributed by atoms with Crippen LogP contribution in [-0.2, 0) is 12.8 Å². The summed E-state index contributed by atoms with van der Waals surface area (Å²) in [6, 6.07) is 9.07. The van der Waals surface area contributed by atoms with Gasteiger partial charge in [-0.2, -0.15) is 0 Å². The lowest BCUT2D eigenvalue weighted by molar-refractivity contribution is 0.542. The molecule has 0 aliphatic heterocycles. The predicted molar refractivity (Wildman–Crippen MR) is 88.1 cm³/mol. The van der Waals surface area contributed by atoms with Crippen LogP contribution in [0.5, 0.6) is 0 Å². The number of aromatic nitrogens is 3. The fourth-order valence-electron chi connectivity index (χ4n) is 3.02. The van der Waals surface area contributed by atoms with Crippen molar-refractivity contribution in [1.29, 1.82) is 0 Å². The molecule has 0 saturated carbocycles. The highest BCUT2D eigenvalue weighted by molar-refractivity contribution is 14.1. The number of hydrogen-bond acceptors (Lipinski definition) is 2. The van der Waals surface area contributed by atoms with Crippen LogP contribution < -0.4 is 0 Å². The van der Waals surface area contributed by atoms with Crippen molar-refractivity contribution in [3.05, 3.63) is 56.6 Å². The molecule has 3 aromatic rings. The van der Waals surface area contributed by atoms with E-state index >= 15 is 0 Å². The van der Waals surface area contributed by atoms with Gasteiger partial charge < -0.3 is 4.57 Å². The van der Waals surface area contributed by atoms with Crippen LogP contribution in [0.1, 0.15) is 17.2 Å². The van der Waals surface area contributed by atoms with Crippen molar-refractivity contribution >= 4 is 45.2 Å². The Kier molecular flexibility index (Phi) is 2.96. The molecule has 1 aliphatic rings. The maximum Gasteiger partial charge on any atom is 0.146 e. The van der Waals surface area contributed by atoms with Crippen molar-refractivity contribution in [3.8, 4) is 0 Å². The van der Waals surface area contributed by atoms with Crippen molar-refractivity contribution in [1.82, 2.24) is 14.5 Å². The van der Waals surface area contributed by atoms with Gasteiger partial charge >= 0.3 is 0 Å². The molecule has 4 rings (SSSR count). The minimum absolute atomic E-state index is 0.421. The van der Waals surface area contributed by atoms with Crippen molar-refractivity contribution in [2.24, 2.45) is 0 Å². The lowest BCUT2D eigenvalue weighted by Crippen LogP contribution is -2.08. The van der Waals surface area contributed by atoms with E-state index < -0.39 is 0 Å². The van der Waals surface area contributed by atoms with E-state index in [1.54, 1.807) is 6.33 Å². The number of rotatable bonds is 1. The first-order valence-electron chi connectivity index (χ1n) is 6.47. The van der Waals surface area contributed by atoms with Gasteiger partial charge in [0.2, 0.25) is 0 Å². The third kappa shape index (κ3) is 1.85. The molecule has 5 heteroatoms. The zero-order valence-electron chi connectivity index (χ0n) is 10.6. The number of halogens is 2. The van der Waals surface area contributed by atoms with Gasteiger partial charge in [0.15, 0.2) is 0 Å². The molecule has 2 aromatic heterocycles. The molecule has 0 unspecified atom stereocenters. The molecule has 1 aliphatic carbocycles. The van der Waals surface area contributed by atoms with Crippen LogP contribution in [0.25, 0.3) is 11.0 Å². The molecular formula is C15H11ClIN3. The molecular weight excluding hydrogens is 385 g/mol. The van der Waals surface area contributed by atoms with Crippen LogP contribution in [0.15, 0.2) is 36.8 Å². The summed E-state index contributed by atoms with van der Waals surface area (Å²) in [7, 11) is 0. The van der Waals surface area contributed by atoms with Crippen LogP contribution in [0, 0.1) is 3.57 Å². The Hall–Kier alpha value is -1.14. The molecule has 1 aromatic carbocycles. The summed E-state index contributed by atoms with van der Waals surface area (Å²) in [4.78, 5) is 8.52. The number of benzene rings is 1. The van der Waals surface area contributed by atoms with E-state index in [1.165, 1.54) is 11.1 Å². The first-order valence-corrected chi connectivity index (χ1v) is 7.93. The molecule has 0 spiro atoms. The van der Waals surface area contributed by atoms with Gasteiger partial charge in [0.25, 0.3) is 0 Å². The molecule has 0 radical (unpaired) electrons. The van der Waals surface area contributed by atoms with Crippen LogP contribution in [0.4, 0.5) is 0 Å². The highest BCUT2D eigenvalue weighted by Crippen LogP contribution is 2.35. The van der Waals surface area contributed by atoms with Gasteiger partial charge in [-0.3, -0.25) is 0 Å². The van der Waals surface area contributed by atoms with E-state index in [9.17, 15) is 0 Å². The molecule has 0 N–H and O–H groups in total. The van der Waals surface area contributed by atoms with Crippen LogP contribution in [-0.4, -0.2) is 14.5 Å². The first kappa shape index (κ1) is 12.6. The van der Waals surface area contributed by atoms with E-state index in [1.807, 2.05) is 0 Å². The highest BCUT2D eigenvalue weighted by Gasteiger charge is 2.25. The SMILES string of the molecule is Clc1ncnc2c1c(I)cn2C1Cc2ccccc2C1. The van der Waals surface area contributed by atoms with E-state index in [4.69, 9.17) is 11.6 Å². The first-order chi connectivity index (χ1) is 9.74. The van der Waals surface area contributed by atoms with Crippen molar-refractivity contribution in [2.45, 2.75) is 18.9 Å². The van der Waals surface area contributed by atoms with Gasteiger partial charge in [0, 0.05) is 15.8 Å². The highest BCUT2D eigenvalue weighted by atomic mass is 127. The summed E-state index contributed by atoms with van der Waals surface area (Å²) in [5, 5.41) is 1.50. The average Bonchev–Trinajstić information content (AvgIpc) is 3.00. The van der Waals surface area contributed by atoms with Gasteiger partial charge in [0.1, 0.15) is 17.1 Å². The topological polar surface area (TPSA) is 30.7 Å². The van der Waals surface area contributed by atoms with Gasteiger partial charge in [0.05, 0.1) is 5.39 Å². The van der Waals surface area contributed by atoms with Crippen LogP contribution >= 0.6 is 34.2 Å². The third-order valence-corrected chi connectivity index (χ3v) is 5.04. The quantitative estimate of drug-likeness (QED) is 0.460. The number of hydrogen-bond donors (Lipinski definition) is 0. The smallest absolute Gasteiger partial charge is 0.146 e. The predicted octanol–water partition coefficient (Wildman–Crippen LogP) is 4.03. The summed E-state index contributed by atoms with van der Waals surface area (Å²) < 4.78 is 3.36. The van der Waals surface area contributed by atoms with Gasteiger partial charge in [-0.05, 0) is 46.6 Å². The molecule has 2 heterocycles. The molecule has 0 fully saturated rings. The standard InChI is InChI=1S/C15H11ClIN3/c16-14-13-12(17)7-20(15(13)19-8-18-14)11-5-9-3-1-2-4-10(9)6-11/h1-4,7-8,11H,5-6H2. The Morgan fingerprint density at radius 1 is 1.15 bits per heavy atom. The lowest BCUT2D eigenvalue weighted by atomic mass is 10.1. The Morgan fingerprint density at radius 2 is 1.85 bits per heavy atom. The van der Waals surface area contributed by atoms with Crippen LogP contribution in [0.2, 0.25) is 5.15 Å². The molecule has 20 heavy (non-hydrogen) atoms. The summed E-state index contributed by atoms with van der Waals surface area (Å²) >= 11 is 8.51. The molecule has 3 nitrogen and oxygen atoms in total. The fourth-order valence-corrected chi connectivity index (χ4v) is 4.20. The summed E-state index contributed by atoms with van der Waals surface area (Å²) in [6.45, 7) is 0. The fraction of sp³-hybridized carbons (Fsp3) is 0.200. The second-order valence-corrected chi connectivity index (χ2v) is 6.60. The van der Waals surface area contributed by atoms with Crippen molar-refractivity contribution in [3.63, 3.8) is 0 Å². The summed E-state index contributed by atoms with van der Waals surface area (Å²) in [5.74, 6) is 0. The Morgan fingerprint density at radius 3 is 2.55 bits per heavy atom. The minimum atomic E-state index is 0.421. The maximum atomic E-state index is 6.20. The molecule has 0 saturated heterocycles. The van der Waals surface area contributed by atoms with E-state index in [0.717, 1.165) is 27.4 Å². The average molecular weight is 396 g/mol. The third-order valence-electron chi connectivity index (χ3n) is 3.94. The molecule has 0 amide bonds. The lowest BCUT2D eigenvalue weighted by Gasteiger charge is -2.12. The van der Waals surface area contributed by atoms with Gasteiger partial charge in [-0.1, -0.05) is 35.9 Å². The number of fused-ring (bicyclic) bond motifs is 2. The largest absolute Gasteiger partial charge is 0.328 e. The maximum absolute atomic E-state index is 6.20. The second kappa shape index (κ2) is 4.70.